The van der Waals surface area contributed by atoms with Crippen LogP contribution < -0.4 is 10.6 Å². The number of likely N-dealkylation sites (N-methyl/N-ethyl adjacent to an activating group) is 1. The first kappa shape index (κ1) is 22.7. The van der Waals surface area contributed by atoms with Crippen molar-refractivity contribution in [3.8, 4) is 0 Å². The van der Waals surface area contributed by atoms with Gasteiger partial charge >= 0.3 is 0 Å². The van der Waals surface area contributed by atoms with E-state index in [0.717, 1.165) is 58.1 Å². The molecule has 0 aliphatic carbocycles. The van der Waals surface area contributed by atoms with Crippen molar-refractivity contribution in [3.63, 3.8) is 0 Å². The van der Waals surface area contributed by atoms with Crippen molar-refractivity contribution >= 4 is 11.9 Å². The number of ether oxygens (including phenoxy) is 1. The van der Waals surface area contributed by atoms with E-state index in [9.17, 15) is 4.79 Å². The minimum absolute atomic E-state index is 0.00908. The van der Waals surface area contributed by atoms with Gasteiger partial charge in [-0.2, -0.15) is 0 Å². The van der Waals surface area contributed by atoms with Crippen molar-refractivity contribution in [2.75, 3.05) is 60.0 Å². The highest BCUT2D eigenvalue weighted by molar-refractivity contribution is 5.84. The van der Waals surface area contributed by atoms with Gasteiger partial charge in [-0.1, -0.05) is 13.3 Å². The molecule has 1 aliphatic rings. The zero-order chi connectivity index (χ0) is 19.2. The molecule has 1 heterocycles. The summed E-state index contributed by atoms with van der Waals surface area (Å²) in [6, 6.07) is 0.417. The van der Waals surface area contributed by atoms with Gasteiger partial charge in [0.25, 0.3) is 0 Å². The zero-order valence-electron chi connectivity index (χ0n) is 17.2. The number of amides is 1. The van der Waals surface area contributed by atoms with Crippen LogP contribution in [-0.2, 0) is 9.53 Å². The van der Waals surface area contributed by atoms with E-state index in [2.05, 4.69) is 27.4 Å². The highest BCUT2D eigenvalue weighted by Crippen LogP contribution is 2.11. The summed E-state index contributed by atoms with van der Waals surface area (Å²) in [5.41, 5.74) is 0. The van der Waals surface area contributed by atoms with Crippen LogP contribution in [0, 0.1) is 0 Å². The third-order valence-electron chi connectivity index (χ3n) is 4.59. The first-order valence-electron chi connectivity index (χ1n) is 10.1. The molecule has 0 aromatic carbocycles. The molecule has 1 rings (SSSR count). The predicted molar refractivity (Wildman–Crippen MR) is 108 cm³/mol. The van der Waals surface area contributed by atoms with Crippen LogP contribution in [0.3, 0.4) is 0 Å². The average molecular weight is 370 g/mol. The number of nitrogens with one attached hydrogen (secondary N) is 2. The monoisotopic (exact) mass is 369 g/mol. The first-order chi connectivity index (χ1) is 12.6. The van der Waals surface area contributed by atoms with E-state index in [4.69, 9.17) is 4.74 Å². The predicted octanol–water partition coefficient (Wildman–Crippen LogP) is 1.30. The van der Waals surface area contributed by atoms with Gasteiger partial charge < -0.3 is 25.2 Å². The van der Waals surface area contributed by atoms with Crippen molar-refractivity contribution in [2.45, 2.75) is 52.0 Å². The Kier molecular flexibility index (Phi) is 12.1. The highest BCUT2D eigenvalue weighted by atomic mass is 16.5. The molecule has 7 nitrogen and oxygen atoms in total. The van der Waals surface area contributed by atoms with Gasteiger partial charge in [0.05, 0.1) is 0 Å². The Morgan fingerprint density at radius 3 is 2.58 bits per heavy atom. The van der Waals surface area contributed by atoms with Crippen LogP contribution in [0.1, 0.15) is 46.0 Å². The summed E-state index contributed by atoms with van der Waals surface area (Å²) in [6.07, 6.45) is 5.68. The lowest BCUT2D eigenvalue weighted by Gasteiger charge is -2.33. The Hall–Kier alpha value is -1.34. The molecule has 0 radical (unpaired) electrons. The van der Waals surface area contributed by atoms with Crippen molar-refractivity contribution in [1.82, 2.24) is 20.4 Å². The smallest absolute Gasteiger partial charge is 0.243 e. The Labute approximate surface area is 159 Å². The van der Waals surface area contributed by atoms with Crippen LogP contribution in [0.4, 0.5) is 0 Å². The number of likely N-dealkylation sites (tertiary alicyclic amines) is 1. The summed E-state index contributed by atoms with van der Waals surface area (Å²) in [5, 5.41) is 6.86. The van der Waals surface area contributed by atoms with E-state index in [0.29, 0.717) is 6.04 Å². The van der Waals surface area contributed by atoms with Gasteiger partial charge in [-0.15, -0.1) is 0 Å². The van der Waals surface area contributed by atoms with Gasteiger partial charge in [0.2, 0.25) is 5.91 Å². The molecule has 152 valence electrons. The molecule has 0 atom stereocenters. The summed E-state index contributed by atoms with van der Waals surface area (Å²) in [6.45, 7) is 10.1. The Bertz CT molecular complexity index is 407. The maximum absolute atomic E-state index is 11.8. The van der Waals surface area contributed by atoms with Crippen molar-refractivity contribution in [2.24, 2.45) is 4.99 Å². The quantitative estimate of drug-likeness (QED) is 0.326. The Morgan fingerprint density at radius 1 is 1.23 bits per heavy atom. The lowest BCUT2D eigenvalue weighted by molar-refractivity contribution is -0.127. The summed E-state index contributed by atoms with van der Waals surface area (Å²) in [4.78, 5) is 20.4. The molecular weight excluding hydrogens is 330 g/mol. The second-order valence-corrected chi connectivity index (χ2v) is 7.04. The van der Waals surface area contributed by atoms with Crippen LogP contribution in [0.5, 0.6) is 0 Å². The van der Waals surface area contributed by atoms with Crippen molar-refractivity contribution < 1.29 is 9.53 Å². The standard InChI is InChI=1S/C19H39N5O2/c1-5-7-12-24-13-9-17(10-14-24)22-19(20-11-8-15-26-6-2)21-16-18(25)23(3)4/h17H,5-16H2,1-4H3,(H2,20,21,22). The number of carbonyl (C=O) groups is 1. The number of piperidine rings is 1. The number of hydrogen-bond donors (Lipinski definition) is 2. The van der Waals surface area contributed by atoms with Gasteiger partial charge in [0.15, 0.2) is 5.96 Å². The van der Waals surface area contributed by atoms with Gasteiger partial charge in [-0.05, 0) is 39.2 Å². The van der Waals surface area contributed by atoms with E-state index < -0.39 is 0 Å². The fourth-order valence-corrected chi connectivity index (χ4v) is 2.84. The van der Waals surface area contributed by atoms with Crippen LogP contribution in [-0.4, -0.2) is 87.7 Å². The molecule has 1 amide bonds. The maximum atomic E-state index is 11.8. The molecule has 0 saturated carbocycles. The molecule has 1 saturated heterocycles. The third kappa shape index (κ3) is 9.97. The number of hydrogen-bond acceptors (Lipinski definition) is 4. The van der Waals surface area contributed by atoms with E-state index in [-0.39, 0.29) is 12.5 Å². The fourth-order valence-electron chi connectivity index (χ4n) is 2.84. The highest BCUT2D eigenvalue weighted by Gasteiger charge is 2.19. The molecule has 1 fully saturated rings. The molecule has 0 spiro atoms. The van der Waals surface area contributed by atoms with Crippen LogP contribution >= 0.6 is 0 Å². The van der Waals surface area contributed by atoms with E-state index in [1.807, 2.05) is 6.92 Å². The summed E-state index contributed by atoms with van der Waals surface area (Å²) >= 11 is 0. The number of guanidine groups is 1. The summed E-state index contributed by atoms with van der Waals surface area (Å²) < 4.78 is 5.37. The third-order valence-corrected chi connectivity index (χ3v) is 4.59. The van der Waals surface area contributed by atoms with E-state index in [1.54, 1.807) is 19.0 Å². The number of aliphatic imine (C=N–C) groups is 1. The van der Waals surface area contributed by atoms with Crippen molar-refractivity contribution in [3.05, 3.63) is 0 Å². The van der Waals surface area contributed by atoms with Gasteiger partial charge in [-0.3, -0.25) is 4.79 Å². The van der Waals surface area contributed by atoms with Crippen molar-refractivity contribution in [1.29, 1.82) is 0 Å². The zero-order valence-corrected chi connectivity index (χ0v) is 17.2. The molecular formula is C19H39N5O2. The Balaban J connectivity index is 2.45. The molecule has 0 aromatic rings. The number of unbranched alkanes of at least 4 members (excludes halogenated alkanes) is 1. The van der Waals surface area contributed by atoms with Crippen LogP contribution in [0.2, 0.25) is 0 Å². The number of carbonyl (C=O) groups excluding carboxylic acids is 1. The molecule has 1 aliphatic heterocycles. The summed E-state index contributed by atoms with van der Waals surface area (Å²) in [7, 11) is 3.51. The van der Waals surface area contributed by atoms with E-state index >= 15 is 0 Å². The summed E-state index contributed by atoms with van der Waals surface area (Å²) in [5.74, 6) is 0.749. The normalized spacial score (nSPS) is 16.5. The molecule has 0 bridgehead atoms. The SMILES string of the molecule is CCCCN1CCC(NC(=NCC(=O)N(C)C)NCCCOCC)CC1. The lowest BCUT2D eigenvalue weighted by atomic mass is 10.0. The Morgan fingerprint density at radius 2 is 1.96 bits per heavy atom. The van der Waals surface area contributed by atoms with Gasteiger partial charge in [0.1, 0.15) is 6.54 Å². The largest absolute Gasteiger partial charge is 0.382 e. The second kappa shape index (κ2) is 13.8. The lowest BCUT2D eigenvalue weighted by Crippen LogP contribution is -2.49. The van der Waals surface area contributed by atoms with Gasteiger partial charge in [-0.25, -0.2) is 4.99 Å². The van der Waals surface area contributed by atoms with Crippen LogP contribution in [0.25, 0.3) is 0 Å². The first-order valence-corrected chi connectivity index (χ1v) is 10.1. The maximum Gasteiger partial charge on any atom is 0.243 e. The second-order valence-electron chi connectivity index (χ2n) is 7.04. The van der Waals surface area contributed by atoms with Gasteiger partial charge in [0, 0.05) is 53.0 Å². The number of rotatable bonds is 11. The van der Waals surface area contributed by atoms with Crippen LogP contribution in [0.15, 0.2) is 4.99 Å². The van der Waals surface area contributed by atoms with E-state index in [1.165, 1.54) is 19.4 Å². The topological polar surface area (TPSA) is 69.2 Å². The number of nitrogens with zero attached hydrogens (tertiary/aromatic N) is 3. The minimum atomic E-state index is 0.00908. The molecule has 0 aromatic heterocycles. The molecule has 26 heavy (non-hydrogen) atoms. The fraction of sp³-hybridized carbons (Fsp3) is 0.895. The molecule has 7 heteroatoms. The molecule has 2 N–H and O–H groups in total. The molecule has 0 unspecified atom stereocenters. The average Bonchev–Trinajstić information content (AvgIpc) is 2.64. The minimum Gasteiger partial charge on any atom is -0.382 e.